The van der Waals surface area contributed by atoms with Gasteiger partial charge in [0.2, 0.25) is 0 Å². The third kappa shape index (κ3) is 2.48. The first-order chi connectivity index (χ1) is 6.52. The molecule has 1 rings (SSSR count). The van der Waals surface area contributed by atoms with E-state index in [0.717, 1.165) is 5.56 Å². The molecule has 1 aromatic rings. The van der Waals surface area contributed by atoms with E-state index < -0.39 is 11.9 Å². The summed E-state index contributed by atoms with van der Waals surface area (Å²) in [5, 5.41) is 9.50. The lowest BCUT2D eigenvalue weighted by Crippen LogP contribution is -2.16. The van der Waals surface area contributed by atoms with Crippen molar-refractivity contribution in [3.05, 3.63) is 34.9 Å². The van der Waals surface area contributed by atoms with Gasteiger partial charge in [-0.05, 0) is 23.6 Å². The van der Waals surface area contributed by atoms with Crippen molar-refractivity contribution in [1.82, 2.24) is 0 Å². The lowest BCUT2D eigenvalue weighted by atomic mass is 9.89. The summed E-state index contributed by atoms with van der Waals surface area (Å²) in [5.74, 6) is -1.20. The van der Waals surface area contributed by atoms with E-state index in [-0.39, 0.29) is 5.92 Å². The van der Waals surface area contributed by atoms with Crippen molar-refractivity contribution >= 4 is 17.6 Å². The summed E-state index contributed by atoms with van der Waals surface area (Å²) in [6.45, 7) is 3.60. The highest BCUT2D eigenvalue weighted by atomic mass is 35.5. The second-order valence-corrected chi connectivity index (χ2v) is 3.91. The van der Waals surface area contributed by atoms with Gasteiger partial charge in [-0.15, -0.1) is 0 Å². The molecule has 3 heteroatoms. The number of halogens is 1. The molecule has 14 heavy (non-hydrogen) atoms. The van der Waals surface area contributed by atoms with E-state index in [9.17, 15) is 4.79 Å². The number of hydrogen-bond acceptors (Lipinski definition) is 1. The Bertz CT molecular complexity index is 336. The summed E-state index contributed by atoms with van der Waals surface area (Å²) in [6, 6.07) is 7.33. The minimum atomic E-state index is -0.780. The highest BCUT2D eigenvalue weighted by Gasteiger charge is 2.20. The maximum atomic E-state index is 10.8. The maximum Gasteiger partial charge on any atom is 0.306 e. The zero-order valence-corrected chi connectivity index (χ0v) is 8.95. The Kier molecular flexibility index (Phi) is 3.53. The van der Waals surface area contributed by atoms with Gasteiger partial charge in [-0.25, -0.2) is 0 Å². The molecule has 0 radical (unpaired) electrons. The Labute approximate surface area is 88.5 Å². The number of hydrogen-bond donors (Lipinski definition) is 1. The maximum absolute atomic E-state index is 10.8. The summed E-state index contributed by atoms with van der Waals surface area (Å²) >= 11 is 5.83. The average molecular weight is 213 g/mol. The van der Waals surface area contributed by atoms with Gasteiger partial charge in [-0.2, -0.15) is 0 Å². The van der Waals surface area contributed by atoms with E-state index in [0.29, 0.717) is 5.02 Å². The monoisotopic (exact) mass is 212 g/mol. The first-order valence-electron chi connectivity index (χ1n) is 4.50. The molecule has 0 aromatic heterocycles. The van der Waals surface area contributed by atoms with Gasteiger partial charge >= 0.3 is 5.97 Å². The van der Waals surface area contributed by atoms with Crippen LogP contribution >= 0.6 is 11.6 Å². The van der Waals surface area contributed by atoms with Gasteiger partial charge in [-0.3, -0.25) is 4.79 Å². The van der Waals surface area contributed by atoms with Crippen LogP contribution in [0.1, 0.15) is 25.3 Å². The molecule has 2 nitrogen and oxygen atoms in total. The Morgan fingerprint density at radius 2 is 2.07 bits per heavy atom. The lowest BCUT2D eigenvalue weighted by Gasteiger charge is -2.16. The molecule has 0 heterocycles. The van der Waals surface area contributed by atoms with Gasteiger partial charge in [-0.1, -0.05) is 37.6 Å². The molecule has 76 valence electrons. The largest absolute Gasteiger partial charge is 0.481 e. The lowest BCUT2D eigenvalue weighted by molar-refractivity contribution is -0.141. The molecule has 2 atom stereocenters. The van der Waals surface area contributed by atoms with E-state index in [4.69, 9.17) is 16.7 Å². The second kappa shape index (κ2) is 4.47. The van der Waals surface area contributed by atoms with Crippen LogP contribution in [0.15, 0.2) is 24.3 Å². The second-order valence-electron chi connectivity index (χ2n) is 3.47. The average Bonchev–Trinajstić information content (AvgIpc) is 2.15. The zero-order valence-electron chi connectivity index (χ0n) is 8.20. The molecule has 1 N–H and O–H groups in total. The summed E-state index contributed by atoms with van der Waals surface area (Å²) in [5.41, 5.74) is 0.965. The van der Waals surface area contributed by atoms with Crippen LogP contribution in [0.4, 0.5) is 0 Å². The van der Waals surface area contributed by atoms with Crippen molar-refractivity contribution in [3.8, 4) is 0 Å². The number of benzene rings is 1. The van der Waals surface area contributed by atoms with Gasteiger partial charge in [0, 0.05) is 5.02 Å². The van der Waals surface area contributed by atoms with Crippen LogP contribution in [-0.4, -0.2) is 11.1 Å². The van der Waals surface area contributed by atoms with Crippen LogP contribution in [0.25, 0.3) is 0 Å². The number of carboxylic acids is 1. The van der Waals surface area contributed by atoms with E-state index >= 15 is 0 Å². The predicted molar refractivity (Wildman–Crippen MR) is 56.7 cm³/mol. The van der Waals surface area contributed by atoms with Crippen LogP contribution in [-0.2, 0) is 4.79 Å². The summed E-state index contributed by atoms with van der Waals surface area (Å²) in [7, 11) is 0. The van der Waals surface area contributed by atoms with Crippen LogP contribution in [0.3, 0.4) is 0 Å². The highest BCUT2D eigenvalue weighted by Crippen LogP contribution is 2.26. The summed E-state index contributed by atoms with van der Waals surface area (Å²) in [6.07, 6.45) is 0. The fourth-order valence-corrected chi connectivity index (χ4v) is 1.49. The van der Waals surface area contributed by atoms with Crippen molar-refractivity contribution in [2.24, 2.45) is 5.92 Å². The number of rotatable bonds is 3. The predicted octanol–water partition coefficient (Wildman–Crippen LogP) is 3.16. The Morgan fingerprint density at radius 1 is 1.43 bits per heavy atom. The molecule has 0 spiro atoms. The first kappa shape index (κ1) is 11.1. The standard InChI is InChI=1S/C11H13ClO2/c1-7(8(2)11(13)14)9-4-3-5-10(12)6-9/h3-8H,1-2H3,(H,13,14). The minimum Gasteiger partial charge on any atom is -0.481 e. The summed E-state index contributed by atoms with van der Waals surface area (Å²) < 4.78 is 0. The van der Waals surface area contributed by atoms with Crippen LogP contribution < -0.4 is 0 Å². The molecule has 0 aliphatic rings. The van der Waals surface area contributed by atoms with E-state index in [1.165, 1.54) is 0 Å². The number of aliphatic carboxylic acids is 1. The third-order valence-corrected chi connectivity index (χ3v) is 2.75. The van der Waals surface area contributed by atoms with Crippen molar-refractivity contribution in [3.63, 3.8) is 0 Å². The molecule has 0 aliphatic carbocycles. The molecule has 2 unspecified atom stereocenters. The molecular weight excluding hydrogens is 200 g/mol. The Hall–Kier alpha value is -1.02. The van der Waals surface area contributed by atoms with Crippen molar-refractivity contribution < 1.29 is 9.90 Å². The fraction of sp³-hybridized carbons (Fsp3) is 0.364. The van der Waals surface area contributed by atoms with E-state index in [1.54, 1.807) is 13.0 Å². The molecule has 0 saturated carbocycles. The fourth-order valence-electron chi connectivity index (χ4n) is 1.29. The Balaban J connectivity index is 2.89. The SMILES string of the molecule is CC(C(=O)O)C(C)c1cccc(Cl)c1. The molecular formula is C11H13ClO2. The number of carboxylic acid groups (broad SMARTS) is 1. The van der Waals surface area contributed by atoms with Crippen LogP contribution in [0.2, 0.25) is 5.02 Å². The number of carbonyl (C=O) groups is 1. The molecule has 1 aromatic carbocycles. The van der Waals surface area contributed by atoms with Crippen LogP contribution in [0.5, 0.6) is 0 Å². The first-order valence-corrected chi connectivity index (χ1v) is 4.88. The van der Waals surface area contributed by atoms with Gasteiger partial charge in [0.15, 0.2) is 0 Å². The topological polar surface area (TPSA) is 37.3 Å². The van der Waals surface area contributed by atoms with Crippen molar-refractivity contribution in [2.45, 2.75) is 19.8 Å². The van der Waals surface area contributed by atoms with Gasteiger partial charge < -0.3 is 5.11 Å². The van der Waals surface area contributed by atoms with Crippen molar-refractivity contribution in [1.29, 1.82) is 0 Å². The van der Waals surface area contributed by atoms with Gasteiger partial charge in [0.25, 0.3) is 0 Å². The normalized spacial score (nSPS) is 14.8. The smallest absolute Gasteiger partial charge is 0.306 e. The third-order valence-electron chi connectivity index (χ3n) is 2.51. The van der Waals surface area contributed by atoms with Gasteiger partial charge in [0.05, 0.1) is 5.92 Å². The van der Waals surface area contributed by atoms with Crippen molar-refractivity contribution in [2.75, 3.05) is 0 Å². The molecule has 0 saturated heterocycles. The summed E-state index contributed by atoms with van der Waals surface area (Å²) in [4.78, 5) is 10.8. The van der Waals surface area contributed by atoms with Crippen LogP contribution in [0, 0.1) is 5.92 Å². The Morgan fingerprint density at radius 3 is 2.57 bits per heavy atom. The zero-order chi connectivity index (χ0) is 10.7. The van der Waals surface area contributed by atoms with E-state index in [1.807, 2.05) is 25.1 Å². The molecule has 0 amide bonds. The van der Waals surface area contributed by atoms with Gasteiger partial charge in [0.1, 0.15) is 0 Å². The minimum absolute atomic E-state index is 0.0220. The van der Waals surface area contributed by atoms with E-state index in [2.05, 4.69) is 0 Å². The molecule has 0 fully saturated rings. The highest BCUT2D eigenvalue weighted by molar-refractivity contribution is 6.30. The molecule has 0 bridgehead atoms. The molecule has 0 aliphatic heterocycles. The quantitative estimate of drug-likeness (QED) is 0.836.